The number of anilines is 1. The van der Waals surface area contributed by atoms with E-state index < -0.39 is 5.97 Å². The summed E-state index contributed by atoms with van der Waals surface area (Å²) >= 11 is 7.35. The lowest BCUT2D eigenvalue weighted by Crippen LogP contribution is -2.02. The third kappa shape index (κ3) is 2.85. The SMILES string of the molecule is Cc1cc(Sc2c(Cl)cc(N)cc2C(=O)O)n(C)n1. The minimum absolute atomic E-state index is 0.0915. The van der Waals surface area contributed by atoms with E-state index in [9.17, 15) is 9.90 Å². The summed E-state index contributed by atoms with van der Waals surface area (Å²) < 4.78 is 1.68. The Bertz CT molecular complexity index is 655. The van der Waals surface area contributed by atoms with Crippen molar-refractivity contribution in [2.75, 3.05) is 5.73 Å². The van der Waals surface area contributed by atoms with Crippen LogP contribution in [-0.2, 0) is 7.05 Å². The third-order valence-corrected chi connectivity index (χ3v) is 4.11. The Morgan fingerprint density at radius 3 is 2.68 bits per heavy atom. The fourth-order valence-corrected chi connectivity index (χ4v) is 3.03. The number of nitrogens with two attached hydrogens (primary N) is 1. The number of rotatable bonds is 3. The highest BCUT2D eigenvalue weighted by Gasteiger charge is 2.17. The normalized spacial score (nSPS) is 10.7. The van der Waals surface area contributed by atoms with Gasteiger partial charge in [0.2, 0.25) is 0 Å². The second kappa shape index (κ2) is 5.14. The number of carbonyl (C=O) groups is 1. The lowest BCUT2D eigenvalue weighted by atomic mass is 10.2. The molecule has 0 spiro atoms. The van der Waals surface area contributed by atoms with Crippen LogP contribution in [0, 0.1) is 6.92 Å². The van der Waals surface area contributed by atoms with Crippen LogP contribution in [0.1, 0.15) is 16.1 Å². The number of hydrogen-bond acceptors (Lipinski definition) is 4. The van der Waals surface area contributed by atoms with E-state index in [1.165, 1.54) is 17.8 Å². The second-order valence-electron chi connectivity index (χ2n) is 4.03. The molecule has 0 amide bonds. The average molecular weight is 298 g/mol. The van der Waals surface area contributed by atoms with E-state index in [0.717, 1.165) is 10.7 Å². The largest absolute Gasteiger partial charge is 0.478 e. The van der Waals surface area contributed by atoms with E-state index in [1.807, 2.05) is 13.0 Å². The van der Waals surface area contributed by atoms with Gasteiger partial charge < -0.3 is 10.8 Å². The molecular formula is C12H12ClN3O2S. The maximum atomic E-state index is 11.3. The van der Waals surface area contributed by atoms with Crippen molar-refractivity contribution in [2.45, 2.75) is 16.8 Å². The molecule has 19 heavy (non-hydrogen) atoms. The van der Waals surface area contributed by atoms with Crippen molar-refractivity contribution in [1.29, 1.82) is 0 Å². The van der Waals surface area contributed by atoms with Gasteiger partial charge in [-0.3, -0.25) is 4.68 Å². The van der Waals surface area contributed by atoms with Gasteiger partial charge in [0.05, 0.1) is 21.3 Å². The number of benzene rings is 1. The molecular weight excluding hydrogens is 286 g/mol. The number of aryl methyl sites for hydroxylation is 2. The van der Waals surface area contributed by atoms with E-state index in [4.69, 9.17) is 17.3 Å². The van der Waals surface area contributed by atoms with Crippen molar-refractivity contribution in [3.05, 3.63) is 34.5 Å². The summed E-state index contributed by atoms with van der Waals surface area (Å²) in [5, 5.41) is 14.6. The Balaban J connectivity index is 2.50. The molecule has 0 bridgehead atoms. The maximum absolute atomic E-state index is 11.3. The number of hydrogen-bond donors (Lipinski definition) is 2. The van der Waals surface area contributed by atoms with Gasteiger partial charge in [-0.25, -0.2) is 4.79 Å². The smallest absolute Gasteiger partial charge is 0.336 e. The van der Waals surface area contributed by atoms with E-state index in [2.05, 4.69) is 5.10 Å². The van der Waals surface area contributed by atoms with Crippen molar-refractivity contribution in [2.24, 2.45) is 7.05 Å². The molecule has 1 aromatic heterocycles. The van der Waals surface area contributed by atoms with Crippen molar-refractivity contribution in [3.8, 4) is 0 Å². The Labute approximate surface area is 119 Å². The van der Waals surface area contributed by atoms with E-state index >= 15 is 0 Å². The van der Waals surface area contributed by atoms with Gasteiger partial charge in [-0.05, 0) is 25.1 Å². The molecule has 0 unspecified atom stereocenters. The molecule has 0 fully saturated rings. The third-order valence-electron chi connectivity index (χ3n) is 2.46. The molecule has 0 aliphatic carbocycles. The Hall–Kier alpha value is -1.66. The molecule has 2 aromatic rings. The zero-order chi connectivity index (χ0) is 14.2. The first-order valence-electron chi connectivity index (χ1n) is 5.39. The summed E-state index contributed by atoms with van der Waals surface area (Å²) in [6, 6.07) is 4.81. The zero-order valence-electron chi connectivity index (χ0n) is 10.3. The molecule has 1 heterocycles. The van der Waals surface area contributed by atoms with Crippen LogP contribution in [0.2, 0.25) is 5.02 Å². The first-order chi connectivity index (χ1) is 8.88. The van der Waals surface area contributed by atoms with Crippen molar-refractivity contribution in [3.63, 3.8) is 0 Å². The molecule has 0 saturated carbocycles. The molecule has 5 nitrogen and oxygen atoms in total. The van der Waals surface area contributed by atoms with Crippen molar-refractivity contribution >= 4 is 35.0 Å². The van der Waals surface area contributed by atoms with E-state index in [0.29, 0.717) is 15.6 Å². The number of nitrogens with zero attached hydrogens (tertiary/aromatic N) is 2. The van der Waals surface area contributed by atoms with Crippen LogP contribution in [0.3, 0.4) is 0 Å². The number of halogens is 1. The van der Waals surface area contributed by atoms with Crippen LogP contribution in [-0.4, -0.2) is 20.9 Å². The fraction of sp³-hybridized carbons (Fsp3) is 0.167. The van der Waals surface area contributed by atoms with E-state index in [1.54, 1.807) is 17.8 Å². The molecule has 1 aromatic carbocycles. The van der Waals surface area contributed by atoms with Gasteiger partial charge in [0.1, 0.15) is 0 Å². The minimum Gasteiger partial charge on any atom is -0.478 e. The number of nitrogen functional groups attached to an aromatic ring is 1. The molecule has 2 rings (SSSR count). The highest BCUT2D eigenvalue weighted by molar-refractivity contribution is 7.99. The standard InChI is InChI=1S/C12H12ClN3O2S/c1-6-3-10(16(2)15-6)19-11-8(12(17)18)4-7(14)5-9(11)13/h3-5H,14H2,1-2H3,(H,17,18). The number of aromatic nitrogens is 2. The summed E-state index contributed by atoms with van der Waals surface area (Å²) in [7, 11) is 1.79. The summed E-state index contributed by atoms with van der Waals surface area (Å²) in [5.41, 5.74) is 6.89. The highest BCUT2D eigenvalue weighted by atomic mass is 35.5. The van der Waals surface area contributed by atoms with Gasteiger partial charge in [0.15, 0.2) is 0 Å². The summed E-state index contributed by atoms with van der Waals surface area (Å²) in [4.78, 5) is 11.7. The molecule has 100 valence electrons. The second-order valence-corrected chi connectivity index (χ2v) is 5.47. The molecule has 0 aliphatic heterocycles. The topological polar surface area (TPSA) is 81.1 Å². The van der Waals surface area contributed by atoms with Gasteiger partial charge in [-0.15, -0.1) is 0 Å². The first-order valence-corrected chi connectivity index (χ1v) is 6.58. The number of carboxylic acid groups (broad SMARTS) is 1. The number of carboxylic acids is 1. The molecule has 7 heteroatoms. The van der Waals surface area contributed by atoms with Gasteiger partial charge in [0.25, 0.3) is 0 Å². The average Bonchev–Trinajstić information content (AvgIpc) is 2.60. The zero-order valence-corrected chi connectivity index (χ0v) is 11.9. The first kappa shape index (κ1) is 13.8. The lowest BCUT2D eigenvalue weighted by molar-refractivity contribution is 0.0693. The summed E-state index contributed by atoms with van der Waals surface area (Å²) in [6.45, 7) is 1.87. The van der Waals surface area contributed by atoms with Crippen LogP contribution in [0.25, 0.3) is 0 Å². The predicted molar refractivity (Wildman–Crippen MR) is 74.9 cm³/mol. The summed E-state index contributed by atoms with van der Waals surface area (Å²) in [6.07, 6.45) is 0. The Kier molecular flexibility index (Phi) is 3.73. The summed E-state index contributed by atoms with van der Waals surface area (Å²) in [5.74, 6) is -1.06. The monoisotopic (exact) mass is 297 g/mol. The van der Waals surface area contributed by atoms with E-state index in [-0.39, 0.29) is 5.56 Å². The van der Waals surface area contributed by atoms with Gasteiger partial charge in [0, 0.05) is 17.6 Å². The van der Waals surface area contributed by atoms with Crippen LogP contribution >= 0.6 is 23.4 Å². The lowest BCUT2D eigenvalue weighted by Gasteiger charge is -2.09. The number of aromatic carboxylic acids is 1. The van der Waals surface area contributed by atoms with Crippen LogP contribution in [0.4, 0.5) is 5.69 Å². The fourth-order valence-electron chi connectivity index (χ4n) is 1.66. The Morgan fingerprint density at radius 2 is 2.16 bits per heavy atom. The molecule has 3 N–H and O–H groups in total. The van der Waals surface area contributed by atoms with Gasteiger partial charge >= 0.3 is 5.97 Å². The minimum atomic E-state index is -1.06. The molecule has 0 radical (unpaired) electrons. The van der Waals surface area contributed by atoms with Crippen molar-refractivity contribution < 1.29 is 9.90 Å². The van der Waals surface area contributed by atoms with Gasteiger partial charge in [-0.1, -0.05) is 23.4 Å². The maximum Gasteiger partial charge on any atom is 0.336 e. The predicted octanol–water partition coefficient (Wildman–Crippen LogP) is 2.81. The quantitative estimate of drug-likeness (QED) is 0.851. The molecule has 0 aliphatic rings. The van der Waals surface area contributed by atoms with Crippen LogP contribution < -0.4 is 5.73 Å². The Morgan fingerprint density at radius 1 is 1.47 bits per heavy atom. The van der Waals surface area contributed by atoms with Gasteiger partial charge in [-0.2, -0.15) is 5.10 Å². The molecule has 0 atom stereocenters. The molecule has 0 saturated heterocycles. The van der Waals surface area contributed by atoms with Crippen LogP contribution in [0.5, 0.6) is 0 Å². The highest BCUT2D eigenvalue weighted by Crippen LogP contribution is 2.37. The van der Waals surface area contributed by atoms with Crippen molar-refractivity contribution in [1.82, 2.24) is 9.78 Å². The van der Waals surface area contributed by atoms with Crippen LogP contribution in [0.15, 0.2) is 28.1 Å².